The normalized spacial score (nSPS) is 13.3. The van der Waals surface area contributed by atoms with Crippen molar-refractivity contribution in [2.75, 3.05) is 13.2 Å². The number of esters is 1. The van der Waals surface area contributed by atoms with Crippen LogP contribution in [0.1, 0.15) is 33.3 Å². The van der Waals surface area contributed by atoms with Crippen LogP contribution in [0.3, 0.4) is 0 Å². The van der Waals surface area contributed by atoms with E-state index in [9.17, 15) is 14.7 Å². The minimum Gasteiger partial charge on any atom is -0.464 e. The zero-order chi connectivity index (χ0) is 27.6. The van der Waals surface area contributed by atoms with Crippen LogP contribution in [0.5, 0.6) is 0 Å². The first-order chi connectivity index (χ1) is 18.2. The second kappa shape index (κ2) is 13.4. The molecule has 0 heterocycles. The van der Waals surface area contributed by atoms with Crippen LogP contribution in [0.2, 0.25) is 5.04 Å². The summed E-state index contributed by atoms with van der Waals surface area (Å²) in [5.41, 5.74) is 0.797. The highest BCUT2D eigenvalue weighted by Gasteiger charge is 2.50. The highest BCUT2D eigenvalue weighted by atomic mass is 28.4. The van der Waals surface area contributed by atoms with Crippen LogP contribution in [-0.4, -0.2) is 50.8 Å². The number of aliphatic hydroxyl groups is 1. The van der Waals surface area contributed by atoms with Crippen LogP contribution in [0.4, 0.5) is 4.79 Å². The molecule has 0 bridgehead atoms. The van der Waals surface area contributed by atoms with Crippen LogP contribution < -0.4 is 15.7 Å². The summed E-state index contributed by atoms with van der Waals surface area (Å²) in [4.78, 5) is 25.3. The molecular weight excluding hydrogens is 498 g/mol. The molecule has 0 aliphatic carbocycles. The third kappa shape index (κ3) is 7.09. The number of carbonyl (C=O) groups excluding carboxylic acids is 2. The van der Waals surface area contributed by atoms with Gasteiger partial charge in [0.25, 0.3) is 8.32 Å². The van der Waals surface area contributed by atoms with Gasteiger partial charge in [-0.1, -0.05) is 112 Å². The number of hydrogen-bond acceptors (Lipinski definition) is 6. The van der Waals surface area contributed by atoms with Crippen molar-refractivity contribution in [2.45, 2.75) is 51.5 Å². The number of nitrogens with one attached hydrogen (secondary N) is 1. The van der Waals surface area contributed by atoms with Gasteiger partial charge in [-0.2, -0.15) is 0 Å². The number of alkyl carbamates (subject to hydrolysis) is 1. The Morgan fingerprint density at radius 3 is 1.82 bits per heavy atom. The largest absolute Gasteiger partial charge is 0.464 e. The fourth-order valence-corrected chi connectivity index (χ4v) is 9.08. The molecule has 8 heteroatoms. The number of ether oxygens (including phenoxy) is 2. The number of benzene rings is 3. The van der Waals surface area contributed by atoms with E-state index in [1.165, 1.54) is 0 Å². The van der Waals surface area contributed by atoms with E-state index in [4.69, 9.17) is 13.9 Å². The maximum Gasteiger partial charge on any atom is 0.408 e. The summed E-state index contributed by atoms with van der Waals surface area (Å²) in [6, 6.07) is 27.8. The molecule has 0 saturated heterocycles. The number of amides is 1. The Labute approximate surface area is 225 Å². The highest BCUT2D eigenvalue weighted by Crippen LogP contribution is 2.36. The Bertz CT molecular complexity index is 1110. The van der Waals surface area contributed by atoms with E-state index in [2.05, 4.69) is 26.1 Å². The van der Waals surface area contributed by atoms with E-state index in [0.717, 1.165) is 15.9 Å². The van der Waals surface area contributed by atoms with Gasteiger partial charge in [-0.3, -0.25) is 0 Å². The SMILES string of the molecule is CCOC(=O)[C@@H](NC(=O)OCc1ccccc1)C(O)CO[Si](c1ccccc1)(c1ccccc1)C(C)(C)C. The lowest BCUT2D eigenvalue weighted by molar-refractivity contribution is -0.149. The lowest BCUT2D eigenvalue weighted by Crippen LogP contribution is -2.67. The minimum absolute atomic E-state index is 0.0247. The number of carbonyl (C=O) groups is 2. The van der Waals surface area contributed by atoms with E-state index in [-0.39, 0.29) is 24.9 Å². The van der Waals surface area contributed by atoms with Crippen LogP contribution in [0.25, 0.3) is 0 Å². The van der Waals surface area contributed by atoms with Crippen molar-refractivity contribution in [3.05, 3.63) is 96.6 Å². The fraction of sp³-hybridized carbons (Fsp3) is 0.333. The molecule has 0 spiro atoms. The summed E-state index contributed by atoms with van der Waals surface area (Å²) < 4.78 is 17.2. The molecule has 7 nitrogen and oxygen atoms in total. The molecule has 2 N–H and O–H groups in total. The van der Waals surface area contributed by atoms with Crippen molar-refractivity contribution < 1.29 is 28.6 Å². The van der Waals surface area contributed by atoms with E-state index in [1.807, 2.05) is 91.0 Å². The molecule has 0 aromatic heterocycles. The van der Waals surface area contributed by atoms with Crippen LogP contribution in [0, 0.1) is 0 Å². The van der Waals surface area contributed by atoms with Crippen molar-refractivity contribution in [3.63, 3.8) is 0 Å². The number of hydrogen-bond donors (Lipinski definition) is 2. The number of rotatable bonds is 11. The van der Waals surface area contributed by atoms with Gasteiger partial charge >= 0.3 is 12.1 Å². The average molecular weight is 536 g/mol. The van der Waals surface area contributed by atoms with Crippen molar-refractivity contribution in [1.82, 2.24) is 5.32 Å². The zero-order valence-electron chi connectivity index (χ0n) is 22.4. The van der Waals surface area contributed by atoms with Crippen LogP contribution in [0.15, 0.2) is 91.0 Å². The minimum atomic E-state index is -2.97. The summed E-state index contributed by atoms with van der Waals surface area (Å²) >= 11 is 0. The van der Waals surface area contributed by atoms with Gasteiger partial charge in [-0.15, -0.1) is 0 Å². The molecule has 2 atom stereocenters. The molecule has 3 aromatic carbocycles. The average Bonchev–Trinajstić information content (AvgIpc) is 2.92. The molecule has 1 amide bonds. The summed E-state index contributed by atoms with van der Waals surface area (Å²) in [6.07, 6.45) is -2.21. The van der Waals surface area contributed by atoms with E-state index >= 15 is 0 Å². The van der Waals surface area contributed by atoms with Gasteiger partial charge in [0.15, 0.2) is 6.04 Å². The third-order valence-corrected chi connectivity index (χ3v) is 11.3. The quantitative estimate of drug-likeness (QED) is 0.287. The number of aliphatic hydroxyl groups excluding tert-OH is 1. The topological polar surface area (TPSA) is 94.1 Å². The van der Waals surface area contributed by atoms with Crippen LogP contribution >= 0.6 is 0 Å². The molecule has 3 aromatic rings. The van der Waals surface area contributed by atoms with E-state index < -0.39 is 32.5 Å². The maximum absolute atomic E-state index is 12.8. The molecule has 202 valence electrons. The van der Waals surface area contributed by atoms with Crippen molar-refractivity contribution in [1.29, 1.82) is 0 Å². The monoisotopic (exact) mass is 535 g/mol. The Hall–Kier alpha value is -3.46. The zero-order valence-corrected chi connectivity index (χ0v) is 23.4. The summed E-state index contributed by atoms with van der Waals surface area (Å²) in [5, 5.41) is 15.4. The molecule has 0 aliphatic rings. The van der Waals surface area contributed by atoms with Crippen molar-refractivity contribution >= 4 is 30.8 Å². The van der Waals surface area contributed by atoms with Gasteiger partial charge in [0, 0.05) is 0 Å². The fourth-order valence-electron chi connectivity index (χ4n) is 4.50. The smallest absolute Gasteiger partial charge is 0.408 e. The molecule has 1 unspecified atom stereocenters. The van der Waals surface area contributed by atoms with Gasteiger partial charge in [-0.25, -0.2) is 9.59 Å². The summed E-state index contributed by atoms with van der Waals surface area (Å²) in [7, 11) is -2.97. The standard InChI is InChI=1S/C30H37NO6Si/c1-5-35-28(33)27(31-29(34)36-21-23-15-9-6-10-16-23)26(32)22-37-38(30(2,3)4,24-17-11-7-12-18-24)25-19-13-8-14-20-25/h6-20,26-27,32H,5,21-22H2,1-4H3,(H,31,34)/t26?,27-/m0/s1. The lowest BCUT2D eigenvalue weighted by Gasteiger charge is -2.43. The summed E-state index contributed by atoms with van der Waals surface area (Å²) in [5.74, 6) is -0.761. The first-order valence-electron chi connectivity index (χ1n) is 12.8. The molecule has 38 heavy (non-hydrogen) atoms. The Morgan fingerprint density at radius 1 is 0.842 bits per heavy atom. The van der Waals surface area contributed by atoms with Crippen LogP contribution in [-0.2, 0) is 25.3 Å². The predicted molar refractivity (Wildman–Crippen MR) is 150 cm³/mol. The first-order valence-corrected chi connectivity index (χ1v) is 14.7. The molecule has 0 aliphatic heterocycles. The van der Waals surface area contributed by atoms with Gasteiger partial charge in [-0.05, 0) is 27.9 Å². The Morgan fingerprint density at radius 2 is 1.34 bits per heavy atom. The summed E-state index contributed by atoms with van der Waals surface area (Å²) in [6.45, 7) is 7.94. The molecule has 0 fully saturated rings. The second-order valence-corrected chi connectivity index (χ2v) is 14.3. The Kier molecular flexibility index (Phi) is 10.2. The molecule has 0 saturated carbocycles. The van der Waals surface area contributed by atoms with Crippen molar-refractivity contribution in [3.8, 4) is 0 Å². The van der Waals surface area contributed by atoms with E-state index in [1.54, 1.807) is 6.92 Å². The van der Waals surface area contributed by atoms with Crippen molar-refractivity contribution in [2.24, 2.45) is 0 Å². The predicted octanol–water partition coefficient (Wildman–Crippen LogP) is 3.78. The maximum atomic E-state index is 12.8. The van der Waals surface area contributed by atoms with Gasteiger partial charge < -0.3 is 24.3 Å². The van der Waals surface area contributed by atoms with E-state index in [0.29, 0.717) is 0 Å². The molecule has 0 radical (unpaired) electrons. The highest BCUT2D eigenvalue weighted by molar-refractivity contribution is 6.99. The first kappa shape index (κ1) is 29.1. The third-order valence-electron chi connectivity index (χ3n) is 6.30. The second-order valence-electron chi connectivity index (χ2n) is 9.98. The molecule has 3 rings (SSSR count). The lowest BCUT2D eigenvalue weighted by atomic mass is 10.2. The molecular formula is C30H37NO6Si. The van der Waals surface area contributed by atoms with Gasteiger partial charge in [0.1, 0.15) is 12.7 Å². The van der Waals surface area contributed by atoms with Gasteiger partial charge in [0.2, 0.25) is 0 Å². The Balaban J connectivity index is 1.85. The van der Waals surface area contributed by atoms with Gasteiger partial charge in [0.05, 0.1) is 13.2 Å².